The highest BCUT2D eigenvalue weighted by atomic mass is 16.4. The molecular weight excluding hydrogens is 254 g/mol. The Bertz CT molecular complexity index is 342. The lowest BCUT2D eigenvalue weighted by Crippen LogP contribution is -2.52. The first-order chi connectivity index (χ1) is 9.48. The van der Waals surface area contributed by atoms with Crippen molar-refractivity contribution in [3.05, 3.63) is 0 Å². The van der Waals surface area contributed by atoms with Gasteiger partial charge in [-0.1, -0.05) is 6.92 Å². The van der Waals surface area contributed by atoms with Crippen LogP contribution in [-0.2, 0) is 4.79 Å². The molecule has 1 aliphatic heterocycles. The molecule has 2 N–H and O–H groups in total. The number of aliphatic carboxylic acids is 1. The molecule has 2 aliphatic rings. The zero-order valence-electron chi connectivity index (χ0n) is 13.1. The van der Waals surface area contributed by atoms with E-state index in [1.807, 2.05) is 6.92 Å². The fraction of sp³-hybridized carbons (Fsp3) is 0.933. The number of hydrogen-bond acceptors (Lipinski definition) is 4. The Labute approximate surface area is 122 Å². The molecule has 5 heteroatoms. The Balaban J connectivity index is 1.95. The minimum atomic E-state index is -0.695. The zero-order valence-corrected chi connectivity index (χ0v) is 13.1. The van der Waals surface area contributed by atoms with Crippen LogP contribution in [0.5, 0.6) is 0 Å². The second-order valence-electron chi connectivity index (χ2n) is 6.51. The summed E-state index contributed by atoms with van der Waals surface area (Å²) in [4.78, 5) is 16.4. The molecule has 0 amide bonds. The Morgan fingerprint density at radius 2 is 2.00 bits per heavy atom. The minimum absolute atomic E-state index is 0.401. The van der Waals surface area contributed by atoms with E-state index in [9.17, 15) is 9.90 Å². The molecule has 0 bridgehead atoms. The summed E-state index contributed by atoms with van der Waals surface area (Å²) in [5.41, 5.74) is -0.695. The molecule has 5 nitrogen and oxygen atoms in total. The van der Waals surface area contributed by atoms with Gasteiger partial charge < -0.3 is 20.2 Å². The van der Waals surface area contributed by atoms with E-state index in [1.54, 1.807) is 0 Å². The third kappa shape index (κ3) is 3.15. The summed E-state index contributed by atoms with van der Waals surface area (Å²) in [5, 5.41) is 12.8. The van der Waals surface area contributed by atoms with Crippen LogP contribution in [0.25, 0.3) is 0 Å². The van der Waals surface area contributed by atoms with E-state index in [0.717, 1.165) is 38.9 Å². The number of nitrogens with one attached hydrogen (secondary N) is 1. The minimum Gasteiger partial charge on any atom is -0.480 e. The molecule has 2 rings (SSSR count). The number of nitrogens with zero attached hydrogens (tertiary/aromatic N) is 2. The first-order valence-corrected chi connectivity index (χ1v) is 7.87. The average molecular weight is 283 g/mol. The maximum Gasteiger partial charge on any atom is 0.323 e. The topological polar surface area (TPSA) is 55.8 Å². The van der Waals surface area contributed by atoms with E-state index in [0.29, 0.717) is 12.1 Å². The Hall–Kier alpha value is -0.650. The number of carboxylic acid groups (broad SMARTS) is 1. The van der Waals surface area contributed by atoms with Gasteiger partial charge in [0.15, 0.2) is 0 Å². The normalized spacial score (nSPS) is 32.9. The van der Waals surface area contributed by atoms with Gasteiger partial charge >= 0.3 is 5.97 Å². The van der Waals surface area contributed by atoms with Crippen molar-refractivity contribution in [2.24, 2.45) is 0 Å². The fourth-order valence-electron chi connectivity index (χ4n) is 3.84. The molecule has 1 saturated carbocycles. The summed E-state index contributed by atoms with van der Waals surface area (Å²) in [5.74, 6) is -0.682. The molecule has 1 heterocycles. The first-order valence-electron chi connectivity index (χ1n) is 7.87. The first kappa shape index (κ1) is 15.7. The van der Waals surface area contributed by atoms with Crippen molar-refractivity contribution >= 4 is 5.97 Å². The number of carboxylic acids is 1. The Kier molecular flexibility index (Phi) is 5.04. The molecule has 0 spiro atoms. The molecule has 2 atom stereocenters. The van der Waals surface area contributed by atoms with Crippen LogP contribution in [0.2, 0.25) is 0 Å². The molecule has 2 fully saturated rings. The van der Waals surface area contributed by atoms with Crippen molar-refractivity contribution in [3.8, 4) is 0 Å². The van der Waals surface area contributed by atoms with Crippen LogP contribution in [0.4, 0.5) is 0 Å². The lowest BCUT2D eigenvalue weighted by Gasteiger charge is -2.38. The monoisotopic (exact) mass is 283 g/mol. The number of carbonyl (C=O) groups is 1. The van der Waals surface area contributed by atoms with Gasteiger partial charge in [-0.2, -0.15) is 0 Å². The predicted molar refractivity (Wildman–Crippen MR) is 80.0 cm³/mol. The number of piperidine rings is 1. The van der Waals surface area contributed by atoms with E-state index < -0.39 is 11.5 Å². The van der Waals surface area contributed by atoms with Gasteiger partial charge in [0.2, 0.25) is 0 Å². The number of likely N-dealkylation sites (tertiary alicyclic amines) is 1. The summed E-state index contributed by atoms with van der Waals surface area (Å²) < 4.78 is 0. The van der Waals surface area contributed by atoms with Gasteiger partial charge in [0.05, 0.1) is 0 Å². The number of rotatable bonds is 5. The van der Waals surface area contributed by atoms with Crippen LogP contribution in [0.15, 0.2) is 0 Å². The molecule has 20 heavy (non-hydrogen) atoms. The van der Waals surface area contributed by atoms with Crippen molar-refractivity contribution in [2.75, 3.05) is 33.7 Å². The third-order valence-corrected chi connectivity index (χ3v) is 5.25. The quantitative estimate of drug-likeness (QED) is 0.788. The van der Waals surface area contributed by atoms with Gasteiger partial charge in [0.1, 0.15) is 5.54 Å². The summed E-state index contributed by atoms with van der Waals surface area (Å²) in [7, 11) is 4.36. The molecule has 0 aromatic carbocycles. The highest BCUT2D eigenvalue weighted by molar-refractivity contribution is 5.79. The summed E-state index contributed by atoms with van der Waals surface area (Å²) >= 11 is 0. The second-order valence-corrected chi connectivity index (χ2v) is 6.51. The van der Waals surface area contributed by atoms with E-state index in [2.05, 4.69) is 29.2 Å². The van der Waals surface area contributed by atoms with Crippen molar-refractivity contribution in [2.45, 2.75) is 56.7 Å². The maximum absolute atomic E-state index is 11.6. The standard InChI is InChI=1S/C15H29N3O2/c1-4-16-15(14(19)20)8-5-13(11-15)18(3)12-6-9-17(2)10-7-12/h12-13,16H,4-11H2,1-3H3,(H,19,20). The van der Waals surface area contributed by atoms with Crippen LogP contribution < -0.4 is 5.32 Å². The molecule has 0 aromatic heterocycles. The zero-order chi connectivity index (χ0) is 14.8. The maximum atomic E-state index is 11.6. The smallest absolute Gasteiger partial charge is 0.323 e. The summed E-state index contributed by atoms with van der Waals surface area (Å²) in [6, 6.07) is 1.01. The predicted octanol–water partition coefficient (Wildman–Crippen LogP) is 0.998. The molecule has 116 valence electrons. The number of likely N-dealkylation sites (N-methyl/N-ethyl adjacent to an activating group) is 1. The average Bonchev–Trinajstić information content (AvgIpc) is 2.85. The van der Waals surface area contributed by atoms with E-state index in [4.69, 9.17) is 0 Å². The molecule has 1 saturated heterocycles. The summed E-state index contributed by atoms with van der Waals surface area (Å²) in [6.07, 6.45) is 4.87. The largest absolute Gasteiger partial charge is 0.480 e. The Morgan fingerprint density at radius 1 is 1.35 bits per heavy atom. The van der Waals surface area contributed by atoms with Crippen molar-refractivity contribution in [3.63, 3.8) is 0 Å². The van der Waals surface area contributed by atoms with Gasteiger partial charge in [-0.25, -0.2) is 0 Å². The highest BCUT2D eigenvalue weighted by Gasteiger charge is 2.46. The molecule has 0 aromatic rings. The van der Waals surface area contributed by atoms with Gasteiger partial charge in [-0.05, 0) is 65.8 Å². The third-order valence-electron chi connectivity index (χ3n) is 5.25. The van der Waals surface area contributed by atoms with Crippen LogP contribution in [-0.4, -0.2) is 72.2 Å². The number of hydrogen-bond donors (Lipinski definition) is 2. The Morgan fingerprint density at radius 3 is 2.55 bits per heavy atom. The van der Waals surface area contributed by atoms with Gasteiger partial charge in [0.25, 0.3) is 0 Å². The highest BCUT2D eigenvalue weighted by Crippen LogP contribution is 2.34. The summed E-state index contributed by atoms with van der Waals surface area (Å²) in [6.45, 7) is 5.01. The van der Waals surface area contributed by atoms with Crippen LogP contribution >= 0.6 is 0 Å². The van der Waals surface area contributed by atoms with Gasteiger partial charge in [0, 0.05) is 12.1 Å². The van der Waals surface area contributed by atoms with Crippen molar-refractivity contribution in [1.29, 1.82) is 0 Å². The van der Waals surface area contributed by atoms with Crippen molar-refractivity contribution < 1.29 is 9.90 Å². The molecule has 2 unspecified atom stereocenters. The lowest BCUT2D eigenvalue weighted by atomic mass is 9.96. The van der Waals surface area contributed by atoms with E-state index in [1.165, 1.54) is 12.8 Å². The van der Waals surface area contributed by atoms with E-state index >= 15 is 0 Å². The molecule has 0 radical (unpaired) electrons. The second kappa shape index (κ2) is 6.41. The van der Waals surface area contributed by atoms with Gasteiger partial charge in [-0.15, -0.1) is 0 Å². The van der Waals surface area contributed by atoms with Crippen molar-refractivity contribution in [1.82, 2.24) is 15.1 Å². The lowest BCUT2D eigenvalue weighted by molar-refractivity contribution is -0.144. The van der Waals surface area contributed by atoms with Gasteiger partial charge in [-0.3, -0.25) is 4.79 Å². The molecule has 1 aliphatic carbocycles. The SMILES string of the molecule is CCNC1(C(=O)O)CCC(N(C)C2CCN(C)CC2)C1. The van der Waals surface area contributed by atoms with E-state index in [-0.39, 0.29) is 0 Å². The van der Waals surface area contributed by atoms with Crippen LogP contribution in [0.1, 0.15) is 39.0 Å². The van der Waals surface area contributed by atoms with Crippen LogP contribution in [0.3, 0.4) is 0 Å². The fourth-order valence-corrected chi connectivity index (χ4v) is 3.84. The van der Waals surface area contributed by atoms with Crippen LogP contribution in [0, 0.1) is 0 Å². The molecular formula is C15H29N3O2.